The summed E-state index contributed by atoms with van der Waals surface area (Å²) in [6, 6.07) is 1.18. The van der Waals surface area contributed by atoms with Crippen molar-refractivity contribution in [2.75, 3.05) is 6.54 Å². The number of hydrogen-bond donors (Lipinski definition) is 3. The molecule has 114 valence electrons. The molecule has 3 amide bonds. The van der Waals surface area contributed by atoms with Gasteiger partial charge in [-0.05, 0) is 19.4 Å². The number of nitrogens with two attached hydrogens (primary N) is 1. The van der Waals surface area contributed by atoms with Crippen molar-refractivity contribution in [3.63, 3.8) is 0 Å². The van der Waals surface area contributed by atoms with Gasteiger partial charge in [-0.25, -0.2) is 5.84 Å². The van der Waals surface area contributed by atoms with Crippen LogP contribution < -0.4 is 16.6 Å². The van der Waals surface area contributed by atoms with Crippen molar-refractivity contribution >= 4 is 17.7 Å². The zero-order chi connectivity index (χ0) is 15.6. The first-order valence-corrected chi connectivity index (χ1v) is 6.64. The highest BCUT2D eigenvalue weighted by Gasteiger charge is 2.33. The number of hydrogen-bond acceptors (Lipinski definition) is 6. The van der Waals surface area contributed by atoms with Gasteiger partial charge in [0.2, 0.25) is 11.8 Å². The van der Waals surface area contributed by atoms with Crippen LogP contribution in [-0.2, 0) is 16.1 Å². The van der Waals surface area contributed by atoms with E-state index in [0.29, 0.717) is 23.5 Å². The predicted octanol–water partition coefficient (Wildman–Crippen LogP) is -0.571. The third-order valence-electron chi connectivity index (χ3n) is 3.44. The molecule has 0 spiro atoms. The van der Waals surface area contributed by atoms with Crippen LogP contribution in [0.2, 0.25) is 0 Å². The number of imide groups is 1. The highest BCUT2D eigenvalue weighted by molar-refractivity contribution is 6.01. The summed E-state index contributed by atoms with van der Waals surface area (Å²) in [7, 11) is 0. The molecule has 0 saturated carbocycles. The molecule has 0 aliphatic carbocycles. The van der Waals surface area contributed by atoms with E-state index in [1.165, 1.54) is 0 Å². The summed E-state index contributed by atoms with van der Waals surface area (Å²) in [6.45, 7) is 3.91. The van der Waals surface area contributed by atoms with Crippen molar-refractivity contribution in [3.8, 4) is 0 Å². The Morgan fingerprint density at radius 3 is 2.90 bits per heavy atom. The van der Waals surface area contributed by atoms with Crippen LogP contribution in [0.3, 0.4) is 0 Å². The predicted molar refractivity (Wildman–Crippen MR) is 72.7 cm³/mol. The number of furan rings is 1. The quantitative estimate of drug-likeness (QED) is 0.296. The number of amides is 3. The normalized spacial score (nSPS) is 19.5. The smallest absolute Gasteiger partial charge is 0.268 e. The van der Waals surface area contributed by atoms with Crippen LogP contribution in [0.15, 0.2) is 10.5 Å². The van der Waals surface area contributed by atoms with Gasteiger partial charge in [-0.3, -0.25) is 30.0 Å². The number of aryl methyl sites for hydroxylation is 1. The molecule has 2 heterocycles. The Kier molecular flexibility index (Phi) is 4.39. The van der Waals surface area contributed by atoms with Gasteiger partial charge in [-0.2, -0.15) is 0 Å². The molecule has 1 aliphatic rings. The number of hydrazine groups is 1. The molecular weight excluding hydrogens is 276 g/mol. The number of nitrogen functional groups attached to an aromatic ring is 1. The minimum atomic E-state index is -0.443. The van der Waals surface area contributed by atoms with Crippen molar-refractivity contribution in [3.05, 3.63) is 23.2 Å². The number of carbonyl (C=O) groups excluding carboxylic acids is 3. The standard InChI is InChI=1S/C13H18N4O4/c1-3-10-13(20)15-11(18)6-17(10)5-8-4-9(7(2)21-8)12(19)16-14/h4,10H,3,5-6,14H2,1-2H3,(H,16,19)(H,15,18,20). The van der Waals surface area contributed by atoms with E-state index in [2.05, 4.69) is 5.32 Å². The Balaban J connectivity index is 2.18. The fourth-order valence-corrected chi connectivity index (χ4v) is 2.46. The molecule has 1 unspecified atom stereocenters. The third-order valence-corrected chi connectivity index (χ3v) is 3.44. The lowest BCUT2D eigenvalue weighted by Gasteiger charge is -2.32. The summed E-state index contributed by atoms with van der Waals surface area (Å²) in [6.07, 6.45) is 0.578. The summed E-state index contributed by atoms with van der Waals surface area (Å²) in [5, 5.41) is 2.31. The molecule has 1 aliphatic heterocycles. The van der Waals surface area contributed by atoms with Crippen LogP contribution >= 0.6 is 0 Å². The first-order chi connectivity index (χ1) is 9.96. The number of carbonyl (C=O) groups is 3. The molecule has 1 aromatic rings. The van der Waals surface area contributed by atoms with Gasteiger partial charge in [0.05, 0.1) is 24.7 Å². The van der Waals surface area contributed by atoms with Crippen molar-refractivity contribution < 1.29 is 18.8 Å². The Morgan fingerprint density at radius 1 is 1.57 bits per heavy atom. The largest absolute Gasteiger partial charge is 0.464 e. The minimum absolute atomic E-state index is 0.114. The molecular formula is C13H18N4O4. The summed E-state index contributed by atoms with van der Waals surface area (Å²) in [4.78, 5) is 36.5. The zero-order valence-corrected chi connectivity index (χ0v) is 11.9. The molecule has 4 N–H and O–H groups in total. The number of piperazine rings is 1. The molecule has 0 radical (unpaired) electrons. The number of rotatable bonds is 4. The average Bonchev–Trinajstić information content (AvgIpc) is 2.78. The summed E-state index contributed by atoms with van der Waals surface area (Å²) < 4.78 is 5.50. The highest BCUT2D eigenvalue weighted by Crippen LogP contribution is 2.19. The minimum Gasteiger partial charge on any atom is -0.464 e. The summed E-state index contributed by atoms with van der Waals surface area (Å²) in [5.74, 6) is 4.95. The highest BCUT2D eigenvalue weighted by atomic mass is 16.3. The van der Waals surface area contributed by atoms with Gasteiger partial charge in [-0.15, -0.1) is 0 Å². The van der Waals surface area contributed by atoms with Gasteiger partial charge in [-0.1, -0.05) is 6.92 Å². The maximum Gasteiger partial charge on any atom is 0.268 e. The first-order valence-electron chi connectivity index (χ1n) is 6.64. The molecule has 8 nitrogen and oxygen atoms in total. The maximum absolute atomic E-state index is 11.8. The molecule has 1 aromatic heterocycles. The molecule has 1 atom stereocenters. The molecule has 1 fully saturated rings. The maximum atomic E-state index is 11.8. The van der Waals surface area contributed by atoms with Crippen molar-refractivity contribution in [2.24, 2.45) is 5.84 Å². The zero-order valence-electron chi connectivity index (χ0n) is 11.9. The molecule has 21 heavy (non-hydrogen) atoms. The second-order valence-electron chi connectivity index (χ2n) is 4.90. The van der Waals surface area contributed by atoms with E-state index in [1.807, 2.05) is 12.3 Å². The van der Waals surface area contributed by atoms with Crippen LogP contribution in [0.4, 0.5) is 0 Å². The molecule has 1 saturated heterocycles. The Hall–Kier alpha value is -2.19. The third kappa shape index (κ3) is 3.11. The van der Waals surface area contributed by atoms with E-state index < -0.39 is 5.91 Å². The molecule has 8 heteroatoms. The summed E-state index contributed by atoms with van der Waals surface area (Å²) in [5.41, 5.74) is 2.38. The van der Waals surface area contributed by atoms with E-state index in [-0.39, 0.29) is 30.9 Å². The van der Waals surface area contributed by atoms with Crippen molar-refractivity contribution in [2.45, 2.75) is 32.9 Å². The second kappa shape index (κ2) is 6.06. The van der Waals surface area contributed by atoms with E-state index in [1.54, 1.807) is 17.9 Å². The average molecular weight is 294 g/mol. The van der Waals surface area contributed by atoms with Crippen LogP contribution in [-0.4, -0.2) is 35.2 Å². The van der Waals surface area contributed by atoms with Gasteiger partial charge in [0, 0.05) is 0 Å². The summed E-state index contributed by atoms with van der Waals surface area (Å²) >= 11 is 0. The van der Waals surface area contributed by atoms with Gasteiger partial charge in [0.25, 0.3) is 5.91 Å². The van der Waals surface area contributed by atoms with E-state index in [4.69, 9.17) is 10.3 Å². The van der Waals surface area contributed by atoms with Crippen LogP contribution in [0.5, 0.6) is 0 Å². The SMILES string of the molecule is CCC1C(=O)NC(=O)CN1Cc1cc(C(=O)NN)c(C)o1. The second-order valence-corrected chi connectivity index (χ2v) is 4.90. The van der Waals surface area contributed by atoms with Gasteiger partial charge in [0.1, 0.15) is 11.5 Å². The fourth-order valence-electron chi connectivity index (χ4n) is 2.46. The fraction of sp³-hybridized carbons (Fsp3) is 0.462. The van der Waals surface area contributed by atoms with E-state index >= 15 is 0 Å². The Labute approximate surface area is 121 Å². The van der Waals surface area contributed by atoms with Gasteiger partial charge < -0.3 is 4.42 Å². The molecule has 0 bridgehead atoms. The topological polar surface area (TPSA) is 118 Å². The monoisotopic (exact) mass is 294 g/mol. The molecule has 2 rings (SSSR count). The van der Waals surface area contributed by atoms with Gasteiger partial charge >= 0.3 is 0 Å². The molecule has 0 aromatic carbocycles. The van der Waals surface area contributed by atoms with E-state index in [0.717, 1.165) is 0 Å². The van der Waals surface area contributed by atoms with Crippen LogP contribution in [0.25, 0.3) is 0 Å². The van der Waals surface area contributed by atoms with Crippen LogP contribution in [0, 0.1) is 6.92 Å². The van der Waals surface area contributed by atoms with Crippen molar-refractivity contribution in [1.29, 1.82) is 0 Å². The lowest BCUT2D eigenvalue weighted by atomic mass is 10.1. The first kappa shape index (κ1) is 15.2. The van der Waals surface area contributed by atoms with Crippen molar-refractivity contribution in [1.82, 2.24) is 15.6 Å². The number of nitrogens with one attached hydrogen (secondary N) is 2. The Bertz CT molecular complexity index is 581. The lowest BCUT2D eigenvalue weighted by molar-refractivity contribution is -0.140. The Morgan fingerprint density at radius 2 is 2.29 bits per heavy atom. The lowest BCUT2D eigenvalue weighted by Crippen LogP contribution is -2.57. The number of nitrogens with zero attached hydrogens (tertiary/aromatic N) is 1. The van der Waals surface area contributed by atoms with E-state index in [9.17, 15) is 14.4 Å². The van der Waals surface area contributed by atoms with Gasteiger partial charge in [0.15, 0.2) is 0 Å². The van der Waals surface area contributed by atoms with Crippen LogP contribution in [0.1, 0.15) is 35.2 Å².